The molecule has 0 amide bonds. The van der Waals surface area contributed by atoms with E-state index >= 15 is 0 Å². The van der Waals surface area contributed by atoms with Crippen LogP contribution in [0.25, 0.3) is 66.1 Å². The third kappa shape index (κ3) is 6.19. The van der Waals surface area contributed by atoms with Gasteiger partial charge in [-0.2, -0.15) is 57.9 Å². The minimum absolute atomic E-state index is 0.0683. The van der Waals surface area contributed by atoms with E-state index < -0.39 is 52.5 Å². The van der Waals surface area contributed by atoms with Crippen molar-refractivity contribution >= 4 is 43.6 Å². The molecule has 288 valence electrons. The molecule has 0 atom stereocenters. The zero-order valence-electron chi connectivity index (χ0n) is 28.8. The lowest BCUT2D eigenvalue weighted by molar-refractivity contribution is -0.138. The van der Waals surface area contributed by atoms with Gasteiger partial charge < -0.3 is 9.13 Å². The van der Waals surface area contributed by atoms with E-state index in [-0.39, 0.29) is 66.1 Å². The number of halogens is 12. The Hall–Kier alpha value is -6.43. The highest BCUT2D eigenvalue weighted by Crippen LogP contribution is 2.48. The smallest absolute Gasteiger partial charge is 0.308 e. The van der Waals surface area contributed by atoms with Crippen LogP contribution < -0.4 is 0 Å². The van der Waals surface area contributed by atoms with E-state index in [1.165, 1.54) is 27.3 Å². The molecular weight excluding hydrogens is 774 g/mol. The van der Waals surface area contributed by atoms with Gasteiger partial charge in [0.05, 0.1) is 67.3 Å². The second-order valence-electron chi connectivity index (χ2n) is 13.4. The summed E-state index contributed by atoms with van der Waals surface area (Å²) >= 11 is 0. The summed E-state index contributed by atoms with van der Waals surface area (Å²) in [6.45, 7) is 1.69. The summed E-state index contributed by atoms with van der Waals surface area (Å²) in [4.78, 5) is 0. The molecule has 15 heteroatoms. The summed E-state index contributed by atoms with van der Waals surface area (Å²) in [6, 6.07) is 20.9. The van der Waals surface area contributed by atoms with Gasteiger partial charge >= 0.3 is 24.7 Å². The number of alkyl halides is 12. The van der Waals surface area contributed by atoms with Gasteiger partial charge in [0.1, 0.15) is 0 Å². The highest BCUT2D eigenvalue weighted by Gasteiger charge is 2.37. The second kappa shape index (κ2) is 12.5. The van der Waals surface area contributed by atoms with Crippen LogP contribution >= 0.6 is 0 Å². The minimum atomic E-state index is -5.03. The molecule has 2 heterocycles. The van der Waals surface area contributed by atoms with Gasteiger partial charge in [0.2, 0.25) is 0 Å². The number of nitriles is 1. The fourth-order valence-corrected chi connectivity index (χ4v) is 7.46. The van der Waals surface area contributed by atoms with Crippen molar-refractivity contribution in [3.8, 4) is 28.6 Å². The number of aromatic nitrogens is 2. The van der Waals surface area contributed by atoms with Gasteiger partial charge in [-0.05, 0) is 97.4 Å². The van der Waals surface area contributed by atoms with Crippen molar-refractivity contribution in [1.29, 1.82) is 5.26 Å². The van der Waals surface area contributed by atoms with Crippen LogP contribution in [0.3, 0.4) is 0 Å². The summed E-state index contributed by atoms with van der Waals surface area (Å²) in [6.07, 6.45) is -19.7. The van der Waals surface area contributed by atoms with Crippen molar-refractivity contribution in [2.45, 2.75) is 31.6 Å². The Morgan fingerprint density at radius 3 is 1.23 bits per heavy atom. The molecule has 3 nitrogen and oxygen atoms in total. The SMILES string of the molecule is Cc1ccc2c(c1)c1cc(C(F)(F)F)ccc1n2-c1cc(C#N)cc(-n2c3ccc(C(F)(F)F)cc3c3cc(C(F)(F)F)ccc32)c1-c1ccccc1C(F)(F)F. The summed E-state index contributed by atoms with van der Waals surface area (Å²) < 4.78 is 174. The Balaban J connectivity index is 1.61. The van der Waals surface area contributed by atoms with Crippen LogP contribution in [-0.2, 0) is 24.7 Å². The quantitative estimate of drug-likeness (QED) is 0.164. The summed E-state index contributed by atoms with van der Waals surface area (Å²) in [5.41, 5.74) is -5.29. The summed E-state index contributed by atoms with van der Waals surface area (Å²) in [5, 5.41) is 10.1. The van der Waals surface area contributed by atoms with E-state index in [1.807, 2.05) is 6.07 Å². The molecule has 8 aromatic rings. The molecule has 0 aliphatic rings. The summed E-state index contributed by atoms with van der Waals surface area (Å²) in [5.74, 6) is 0. The molecule has 0 saturated heterocycles. The van der Waals surface area contributed by atoms with Crippen LogP contribution in [0.4, 0.5) is 52.7 Å². The zero-order chi connectivity index (χ0) is 41.0. The second-order valence-corrected chi connectivity index (χ2v) is 13.4. The van der Waals surface area contributed by atoms with Crippen LogP contribution in [0.2, 0.25) is 0 Å². The molecule has 0 spiro atoms. The average molecular weight is 796 g/mol. The summed E-state index contributed by atoms with van der Waals surface area (Å²) in [7, 11) is 0. The number of fused-ring (bicyclic) bond motifs is 6. The maximum absolute atomic E-state index is 15.0. The maximum Gasteiger partial charge on any atom is 0.417 e. The van der Waals surface area contributed by atoms with Crippen molar-refractivity contribution < 1.29 is 52.7 Å². The van der Waals surface area contributed by atoms with Gasteiger partial charge in [0, 0.05) is 27.1 Å². The largest absolute Gasteiger partial charge is 0.417 e. The van der Waals surface area contributed by atoms with Gasteiger partial charge in [-0.15, -0.1) is 0 Å². The Bertz CT molecular complexity index is 2920. The van der Waals surface area contributed by atoms with Gasteiger partial charge in [0.15, 0.2) is 0 Å². The molecule has 0 fully saturated rings. The Labute approximate surface area is 313 Å². The van der Waals surface area contributed by atoms with E-state index in [2.05, 4.69) is 0 Å². The molecule has 0 radical (unpaired) electrons. The molecular formula is C42H21F12N3. The van der Waals surface area contributed by atoms with Crippen LogP contribution in [0.1, 0.15) is 33.4 Å². The molecule has 57 heavy (non-hydrogen) atoms. The molecule has 0 aliphatic carbocycles. The van der Waals surface area contributed by atoms with Crippen molar-refractivity contribution in [2.75, 3.05) is 0 Å². The lowest BCUT2D eigenvalue weighted by atomic mass is 9.94. The Morgan fingerprint density at radius 2 is 0.842 bits per heavy atom. The normalized spacial score (nSPS) is 13.0. The van der Waals surface area contributed by atoms with Gasteiger partial charge in [-0.25, -0.2) is 0 Å². The molecule has 0 aliphatic heterocycles. The number of hydrogen-bond acceptors (Lipinski definition) is 1. The predicted octanol–water partition coefficient (Wildman–Crippen LogP) is 13.8. The van der Waals surface area contributed by atoms with Gasteiger partial charge in [-0.3, -0.25) is 0 Å². The molecule has 8 rings (SSSR count). The van der Waals surface area contributed by atoms with Crippen molar-refractivity contribution in [2.24, 2.45) is 0 Å². The first-order chi connectivity index (χ1) is 26.7. The molecule has 0 N–H and O–H groups in total. The molecule has 6 aromatic carbocycles. The minimum Gasteiger partial charge on any atom is -0.308 e. The van der Waals surface area contributed by atoms with E-state index in [0.717, 1.165) is 48.5 Å². The third-order valence-electron chi connectivity index (χ3n) is 9.88. The standard InChI is InChI=1S/C42H21F12N3/c1-21-6-10-32-27(14-21)28-17-23(39(43,44)45)7-11-33(28)56(32)36-15-22(20-55)16-37(38(36)26-4-2-3-5-31(26)42(52,53)54)57-34-12-8-24(40(46,47)48)18-29(34)30-19-25(41(49,50)51)9-13-35(30)57/h2-19H,1H3. The number of aryl methyl sites for hydroxylation is 1. The van der Waals surface area contributed by atoms with Crippen LogP contribution in [0.5, 0.6) is 0 Å². The zero-order valence-corrected chi connectivity index (χ0v) is 28.8. The number of nitrogens with zero attached hydrogens (tertiary/aromatic N) is 3. The Kier molecular flexibility index (Phi) is 8.25. The van der Waals surface area contributed by atoms with E-state index in [9.17, 15) is 57.9 Å². The van der Waals surface area contributed by atoms with Crippen LogP contribution in [0, 0.1) is 18.3 Å². The average Bonchev–Trinajstić information content (AvgIpc) is 3.64. The lowest BCUT2D eigenvalue weighted by Crippen LogP contribution is -2.11. The van der Waals surface area contributed by atoms with Crippen molar-refractivity contribution in [3.05, 3.63) is 143 Å². The first-order valence-electron chi connectivity index (χ1n) is 16.8. The van der Waals surface area contributed by atoms with Gasteiger partial charge in [-0.1, -0.05) is 29.8 Å². The Morgan fingerprint density at radius 1 is 0.456 bits per heavy atom. The van der Waals surface area contributed by atoms with E-state index in [1.54, 1.807) is 25.1 Å². The highest BCUT2D eigenvalue weighted by atomic mass is 19.4. The fraction of sp³-hybridized carbons (Fsp3) is 0.119. The fourth-order valence-electron chi connectivity index (χ4n) is 7.46. The lowest BCUT2D eigenvalue weighted by Gasteiger charge is -2.23. The van der Waals surface area contributed by atoms with Crippen LogP contribution in [0.15, 0.2) is 109 Å². The highest BCUT2D eigenvalue weighted by molar-refractivity contribution is 6.12. The maximum atomic E-state index is 15.0. The first-order valence-corrected chi connectivity index (χ1v) is 16.8. The first kappa shape index (κ1) is 37.5. The number of benzene rings is 6. The van der Waals surface area contributed by atoms with Gasteiger partial charge in [0.25, 0.3) is 0 Å². The number of hydrogen-bond donors (Lipinski definition) is 0. The molecule has 0 unspecified atom stereocenters. The number of rotatable bonds is 3. The van der Waals surface area contributed by atoms with Crippen LogP contribution in [-0.4, -0.2) is 9.13 Å². The topological polar surface area (TPSA) is 33.6 Å². The van der Waals surface area contributed by atoms with E-state index in [0.29, 0.717) is 29.8 Å². The van der Waals surface area contributed by atoms with Crippen molar-refractivity contribution in [3.63, 3.8) is 0 Å². The third-order valence-corrected chi connectivity index (χ3v) is 9.88. The predicted molar refractivity (Wildman–Crippen MR) is 190 cm³/mol. The van der Waals surface area contributed by atoms with Crippen molar-refractivity contribution in [1.82, 2.24) is 9.13 Å². The van der Waals surface area contributed by atoms with E-state index in [4.69, 9.17) is 0 Å². The molecule has 0 bridgehead atoms. The molecule has 0 saturated carbocycles. The molecule has 2 aromatic heterocycles. The monoisotopic (exact) mass is 795 g/mol.